The largest absolute Gasteiger partial charge is 0.472 e. The van der Waals surface area contributed by atoms with E-state index in [1.807, 2.05) is 16.8 Å². The van der Waals surface area contributed by atoms with Crippen molar-refractivity contribution in [3.8, 4) is 11.4 Å². The highest BCUT2D eigenvalue weighted by Gasteiger charge is 2.25. The number of piperazine rings is 1. The molecule has 8 nitrogen and oxygen atoms in total. The highest BCUT2D eigenvalue weighted by Crippen LogP contribution is 2.19. The van der Waals surface area contributed by atoms with E-state index in [-0.39, 0.29) is 11.8 Å². The van der Waals surface area contributed by atoms with Crippen LogP contribution in [0.2, 0.25) is 0 Å². The van der Waals surface area contributed by atoms with Gasteiger partial charge in [-0.15, -0.1) is 0 Å². The molecule has 3 aromatic rings. The molecule has 1 fully saturated rings. The lowest BCUT2D eigenvalue weighted by molar-refractivity contribution is -0.132. The third-order valence-corrected chi connectivity index (χ3v) is 5.17. The SMILES string of the molecule is O=C(CCc1nc(-c2ccsc2)no1)N1CCN(C(=O)c2ccoc2)CC1. The average Bonchev–Trinajstić information content (AvgIpc) is 3.47. The second-order valence-electron chi connectivity index (χ2n) is 6.21. The molecule has 0 aliphatic carbocycles. The van der Waals surface area contributed by atoms with E-state index in [9.17, 15) is 9.59 Å². The van der Waals surface area contributed by atoms with Gasteiger partial charge in [0.2, 0.25) is 17.6 Å². The Balaban J connectivity index is 1.26. The summed E-state index contributed by atoms with van der Waals surface area (Å²) in [5.74, 6) is 0.965. The summed E-state index contributed by atoms with van der Waals surface area (Å²) >= 11 is 1.57. The number of hydrogen-bond acceptors (Lipinski definition) is 7. The Kier molecular flexibility index (Phi) is 5.01. The van der Waals surface area contributed by atoms with Gasteiger partial charge in [0.25, 0.3) is 5.91 Å². The van der Waals surface area contributed by atoms with E-state index in [1.165, 1.54) is 12.5 Å². The van der Waals surface area contributed by atoms with Gasteiger partial charge < -0.3 is 18.7 Å². The molecular formula is C18H18N4O4S. The summed E-state index contributed by atoms with van der Waals surface area (Å²) in [6, 6.07) is 3.57. The summed E-state index contributed by atoms with van der Waals surface area (Å²) in [7, 11) is 0. The average molecular weight is 386 g/mol. The third kappa shape index (κ3) is 3.92. The van der Waals surface area contributed by atoms with Crippen molar-refractivity contribution in [1.82, 2.24) is 19.9 Å². The number of aromatic nitrogens is 2. The lowest BCUT2D eigenvalue weighted by Crippen LogP contribution is -2.50. The standard InChI is InChI=1S/C18H18N4O4S/c23-16(2-1-15-19-17(20-26-15)14-4-10-27-12-14)21-5-7-22(8-6-21)18(24)13-3-9-25-11-13/h3-4,9-12H,1-2,5-8H2. The molecule has 9 heteroatoms. The van der Waals surface area contributed by atoms with E-state index in [0.29, 0.717) is 56.3 Å². The smallest absolute Gasteiger partial charge is 0.257 e. The van der Waals surface area contributed by atoms with Gasteiger partial charge in [0.05, 0.1) is 11.8 Å². The minimum absolute atomic E-state index is 0.0284. The Labute approximate surface area is 159 Å². The number of furan rings is 1. The van der Waals surface area contributed by atoms with Crippen LogP contribution >= 0.6 is 11.3 Å². The first kappa shape index (κ1) is 17.5. The molecule has 1 aliphatic heterocycles. The van der Waals surface area contributed by atoms with Gasteiger partial charge in [0.1, 0.15) is 6.26 Å². The first-order valence-electron chi connectivity index (χ1n) is 8.65. The van der Waals surface area contributed by atoms with E-state index in [1.54, 1.807) is 27.2 Å². The zero-order valence-electron chi connectivity index (χ0n) is 14.5. The molecule has 0 radical (unpaired) electrons. The topological polar surface area (TPSA) is 92.7 Å². The zero-order valence-corrected chi connectivity index (χ0v) is 15.4. The van der Waals surface area contributed by atoms with Crippen molar-refractivity contribution in [1.29, 1.82) is 0 Å². The Morgan fingerprint density at radius 1 is 1.15 bits per heavy atom. The van der Waals surface area contributed by atoms with Crippen LogP contribution in [-0.4, -0.2) is 57.9 Å². The van der Waals surface area contributed by atoms with Crippen molar-refractivity contribution in [2.24, 2.45) is 0 Å². The van der Waals surface area contributed by atoms with Crippen LogP contribution in [0.1, 0.15) is 22.7 Å². The summed E-state index contributed by atoms with van der Waals surface area (Å²) < 4.78 is 10.2. The minimum atomic E-state index is -0.0670. The van der Waals surface area contributed by atoms with Crippen LogP contribution in [0, 0.1) is 0 Å². The van der Waals surface area contributed by atoms with Crippen molar-refractivity contribution in [3.05, 3.63) is 46.9 Å². The molecule has 1 saturated heterocycles. The predicted octanol–water partition coefficient (Wildman–Crippen LogP) is 2.31. The Morgan fingerprint density at radius 3 is 2.67 bits per heavy atom. The van der Waals surface area contributed by atoms with Crippen molar-refractivity contribution >= 4 is 23.2 Å². The van der Waals surface area contributed by atoms with Gasteiger partial charge in [-0.05, 0) is 17.5 Å². The molecule has 27 heavy (non-hydrogen) atoms. The molecule has 0 spiro atoms. The number of aryl methyl sites for hydroxylation is 1. The Hall–Kier alpha value is -2.94. The van der Waals surface area contributed by atoms with E-state index in [2.05, 4.69) is 10.1 Å². The van der Waals surface area contributed by atoms with E-state index >= 15 is 0 Å². The van der Waals surface area contributed by atoms with Gasteiger partial charge >= 0.3 is 0 Å². The second kappa shape index (κ2) is 7.75. The van der Waals surface area contributed by atoms with Crippen LogP contribution in [-0.2, 0) is 11.2 Å². The molecule has 4 heterocycles. The van der Waals surface area contributed by atoms with Crippen LogP contribution in [0.5, 0.6) is 0 Å². The van der Waals surface area contributed by atoms with Crippen molar-refractivity contribution in [2.45, 2.75) is 12.8 Å². The quantitative estimate of drug-likeness (QED) is 0.668. The molecule has 4 rings (SSSR count). The number of carbonyl (C=O) groups excluding carboxylic acids is 2. The van der Waals surface area contributed by atoms with E-state index in [4.69, 9.17) is 8.94 Å². The molecule has 0 aromatic carbocycles. The molecule has 3 aromatic heterocycles. The lowest BCUT2D eigenvalue weighted by atomic mass is 10.2. The highest BCUT2D eigenvalue weighted by atomic mass is 32.1. The van der Waals surface area contributed by atoms with Crippen LogP contribution in [0.15, 0.2) is 44.4 Å². The summed E-state index contributed by atoms with van der Waals surface area (Å²) in [4.78, 5) is 32.6. The van der Waals surface area contributed by atoms with Crippen molar-refractivity contribution in [3.63, 3.8) is 0 Å². The van der Waals surface area contributed by atoms with Crippen LogP contribution in [0.3, 0.4) is 0 Å². The number of carbonyl (C=O) groups is 2. The molecule has 1 aliphatic rings. The van der Waals surface area contributed by atoms with Gasteiger partial charge in [-0.1, -0.05) is 5.16 Å². The van der Waals surface area contributed by atoms with E-state index in [0.717, 1.165) is 5.56 Å². The number of nitrogens with zero attached hydrogens (tertiary/aromatic N) is 4. The Bertz CT molecular complexity index is 896. The van der Waals surface area contributed by atoms with Crippen molar-refractivity contribution in [2.75, 3.05) is 26.2 Å². The first-order chi connectivity index (χ1) is 13.2. The maximum absolute atomic E-state index is 12.4. The fourth-order valence-corrected chi connectivity index (χ4v) is 3.60. The Morgan fingerprint density at radius 2 is 1.96 bits per heavy atom. The van der Waals surface area contributed by atoms with Gasteiger partial charge in [-0.2, -0.15) is 16.3 Å². The molecule has 0 atom stereocenters. The van der Waals surface area contributed by atoms with Crippen LogP contribution in [0.25, 0.3) is 11.4 Å². The van der Waals surface area contributed by atoms with Gasteiger partial charge in [-0.3, -0.25) is 9.59 Å². The minimum Gasteiger partial charge on any atom is -0.472 e. The maximum Gasteiger partial charge on any atom is 0.257 e. The summed E-state index contributed by atoms with van der Waals surface area (Å²) in [5, 5.41) is 7.85. The zero-order chi connectivity index (χ0) is 18.6. The molecular weight excluding hydrogens is 368 g/mol. The lowest BCUT2D eigenvalue weighted by Gasteiger charge is -2.34. The van der Waals surface area contributed by atoms with Gasteiger partial charge in [-0.25, -0.2) is 0 Å². The number of rotatable bonds is 5. The number of amides is 2. The van der Waals surface area contributed by atoms with Crippen molar-refractivity contribution < 1.29 is 18.5 Å². The van der Waals surface area contributed by atoms with Gasteiger partial charge in [0, 0.05) is 50.0 Å². The summed E-state index contributed by atoms with van der Waals surface area (Å²) in [6.07, 6.45) is 3.63. The predicted molar refractivity (Wildman–Crippen MR) is 97.1 cm³/mol. The first-order valence-corrected chi connectivity index (χ1v) is 9.59. The van der Waals surface area contributed by atoms with Gasteiger partial charge in [0.15, 0.2) is 0 Å². The maximum atomic E-state index is 12.4. The molecule has 2 amide bonds. The number of hydrogen-bond donors (Lipinski definition) is 0. The molecule has 0 saturated carbocycles. The highest BCUT2D eigenvalue weighted by molar-refractivity contribution is 7.08. The summed E-state index contributed by atoms with van der Waals surface area (Å²) in [6.45, 7) is 2.07. The third-order valence-electron chi connectivity index (χ3n) is 4.49. The second-order valence-corrected chi connectivity index (χ2v) is 6.99. The molecule has 140 valence electrons. The van der Waals surface area contributed by atoms with E-state index < -0.39 is 0 Å². The number of thiophene rings is 1. The molecule has 0 bridgehead atoms. The van der Waals surface area contributed by atoms with Crippen LogP contribution in [0.4, 0.5) is 0 Å². The van der Waals surface area contributed by atoms with Crippen LogP contribution < -0.4 is 0 Å². The fraction of sp³-hybridized carbons (Fsp3) is 0.333. The summed E-state index contributed by atoms with van der Waals surface area (Å²) in [5.41, 5.74) is 1.45. The fourth-order valence-electron chi connectivity index (χ4n) is 2.97. The molecule has 0 unspecified atom stereocenters. The monoisotopic (exact) mass is 386 g/mol. The molecule has 0 N–H and O–H groups in total. The normalized spacial score (nSPS) is 14.5.